The van der Waals surface area contributed by atoms with Crippen LogP contribution < -0.4 is 0 Å². The van der Waals surface area contributed by atoms with Gasteiger partial charge in [-0.05, 0) is 80.6 Å². The average Bonchev–Trinajstić information content (AvgIpc) is 3.53. The topological polar surface area (TPSA) is 200 Å². The maximum Gasteiger partial charge on any atom is 0.308 e. The molecule has 6 saturated heterocycles. The first-order chi connectivity index (χ1) is 26.8. The van der Waals surface area contributed by atoms with E-state index in [2.05, 4.69) is 20.1 Å². The van der Waals surface area contributed by atoms with Crippen molar-refractivity contribution in [1.82, 2.24) is 0 Å². The number of hydrogen-bond donors (Lipinski definition) is 5. The number of fused-ring (bicyclic) bond motifs is 3. The maximum absolute atomic E-state index is 13.8. The monoisotopic (exact) mass is 790 g/mol. The Morgan fingerprint density at radius 1 is 0.696 bits per heavy atom. The number of ketones is 1. The minimum atomic E-state index is -1.51. The van der Waals surface area contributed by atoms with Crippen LogP contribution in [-0.4, -0.2) is 148 Å². The average molecular weight is 791 g/mol. The Morgan fingerprint density at radius 3 is 2.20 bits per heavy atom. The lowest BCUT2D eigenvalue weighted by molar-refractivity contribution is -0.278. The lowest BCUT2D eigenvalue weighted by Crippen LogP contribution is -2.63. The van der Waals surface area contributed by atoms with Gasteiger partial charge in [0.2, 0.25) is 0 Å². The van der Waals surface area contributed by atoms with Gasteiger partial charge in [-0.2, -0.15) is 0 Å². The Morgan fingerprint density at radius 2 is 1.41 bits per heavy atom. The summed E-state index contributed by atoms with van der Waals surface area (Å²) in [6, 6.07) is 0. The fourth-order valence-electron chi connectivity index (χ4n) is 10.0. The molecule has 14 nitrogen and oxygen atoms in total. The zero-order chi connectivity index (χ0) is 39.8. The molecule has 9 aliphatic heterocycles. The summed E-state index contributed by atoms with van der Waals surface area (Å²) in [6.45, 7) is 12.6. The molecule has 9 aliphatic rings. The first kappa shape index (κ1) is 42.1. The van der Waals surface area contributed by atoms with E-state index >= 15 is 0 Å². The molecule has 9 heterocycles. The summed E-state index contributed by atoms with van der Waals surface area (Å²) in [6.07, 6.45) is -4.42. The van der Waals surface area contributed by atoms with Crippen LogP contribution in [0.3, 0.4) is 0 Å². The van der Waals surface area contributed by atoms with E-state index in [1.54, 1.807) is 0 Å². The largest absolute Gasteiger partial charge is 0.459 e. The van der Waals surface area contributed by atoms with Gasteiger partial charge in [-0.1, -0.05) is 27.0 Å². The summed E-state index contributed by atoms with van der Waals surface area (Å²) in [7, 11) is 0. The van der Waals surface area contributed by atoms with Gasteiger partial charge >= 0.3 is 5.97 Å². The van der Waals surface area contributed by atoms with Gasteiger partial charge < -0.3 is 58.7 Å². The molecule has 5 unspecified atom stereocenters. The second-order valence-electron chi connectivity index (χ2n) is 17.3. The number of hydrogen-bond acceptors (Lipinski definition) is 14. The first-order valence-corrected chi connectivity index (χ1v) is 20.8. The second-order valence-corrected chi connectivity index (χ2v) is 17.3. The lowest BCUT2D eigenvalue weighted by Gasteiger charge is -2.51. The molecule has 0 amide bonds. The van der Waals surface area contributed by atoms with E-state index in [1.807, 2.05) is 6.92 Å². The van der Waals surface area contributed by atoms with Gasteiger partial charge in [-0.25, -0.2) is 0 Å². The van der Waals surface area contributed by atoms with E-state index in [1.165, 1.54) is 12.2 Å². The smallest absolute Gasteiger partial charge is 0.308 e. The van der Waals surface area contributed by atoms with E-state index in [0.29, 0.717) is 44.9 Å². The van der Waals surface area contributed by atoms with E-state index in [4.69, 9.17) is 33.2 Å². The fourth-order valence-corrected chi connectivity index (χ4v) is 10.0. The van der Waals surface area contributed by atoms with Crippen LogP contribution in [0.2, 0.25) is 0 Å². The van der Waals surface area contributed by atoms with Gasteiger partial charge in [0.05, 0.1) is 73.6 Å². The Bertz CT molecular complexity index is 1450. The lowest BCUT2D eigenvalue weighted by atomic mass is 9.79. The van der Waals surface area contributed by atoms with E-state index < -0.39 is 85.3 Å². The van der Waals surface area contributed by atoms with Crippen molar-refractivity contribution in [3.05, 3.63) is 36.5 Å². The van der Waals surface area contributed by atoms with Crippen LogP contribution in [0.15, 0.2) is 36.5 Å². The van der Waals surface area contributed by atoms with E-state index in [-0.39, 0.29) is 67.9 Å². The highest BCUT2D eigenvalue weighted by molar-refractivity contribution is 5.89. The second kappa shape index (κ2) is 18.0. The summed E-state index contributed by atoms with van der Waals surface area (Å²) in [5.41, 5.74) is 1.92. The fraction of sp³-hybridized carbons (Fsp3) is 0.810. The van der Waals surface area contributed by atoms with Crippen molar-refractivity contribution in [2.75, 3.05) is 6.61 Å². The summed E-state index contributed by atoms with van der Waals surface area (Å²) >= 11 is 0. The van der Waals surface area contributed by atoms with Gasteiger partial charge in [0.1, 0.15) is 36.6 Å². The zero-order valence-corrected chi connectivity index (χ0v) is 32.6. The molecule has 14 heteroatoms. The minimum absolute atomic E-state index is 0.0815. The van der Waals surface area contributed by atoms with Crippen LogP contribution in [0.1, 0.15) is 90.9 Å². The van der Waals surface area contributed by atoms with Crippen molar-refractivity contribution in [3.8, 4) is 0 Å². The Kier molecular flexibility index (Phi) is 13.6. The van der Waals surface area contributed by atoms with Gasteiger partial charge in [0.25, 0.3) is 0 Å². The standard InChI is InChI=1S/C42H62O14/c1-20-15-26-8-11-30-21(2)16-25(50-30)7-5-24(44)6-10-28(45)41-37(48)38(49)42-32(55-41)12-9-27(52-42)17-36(47)56-40-23(4)39-34(18-29(46)31(54-39)13-14-43)53-35(40)19-33(51-26)22(20)3/h6,10,20,23,25-35,37-43,45-46,48-49H,2-3,5,7-9,11-19H2,1,4H3/b10-6+/t20-,23+,25+,26+,27-,28+,29-,30?,31-,32+,33?,34?,35+,37+,38-,39+,40?,41+,42?/m1/s1. The highest BCUT2D eigenvalue weighted by Gasteiger charge is 2.53. The number of ether oxygens (including phenoxy) is 7. The third kappa shape index (κ3) is 9.21. The number of carbonyl (C=O) groups excluding carboxylic acids is 2. The molecule has 0 aromatic carbocycles. The normalized spacial score (nSPS) is 48.9. The van der Waals surface area contributed by atoms with Crippen molar-refractivity contribution in [1.29, 1.82) is 0 Å². The highest BCUT2D eigenvalue weighted by atomic mass is 16.6. The summed E-state index contributed by atoms with van der Waals surface area (Å²) < 4.78 is 44.6. The molecular weight excluding hydrogens is 728 g/mol. The maximum atomic E-state index is 13.8. The van der Waals surface area contributed by atoms with Crippen LogP contribution in [0, 0.1) is 11.8 Å². The molecule has 9 rings (SSSR count). The van der Waals surface area contributed by atoms with Crippen LogP contribution in [0.4, 0.5) is 0 Å². The number of rotatable bonds is 2. The highest BCUT2D eigenvalue weighted by Crippen LogP contribution is 2.42. The molecule has 0 saturated carbocycles. The van der Waals surface area contributed by atoms with E-state index in [9.17, 15) is 35.1 Å². The van der Waals surface area contributed by atoms with Crippen molar-refractivity contribution in [2.45, 2.75) is 195 Å². The van der Waals surface area contributed by atoms with Crippen LogP contribution in [0.5, 0.6) is 0 Å². The molecule has 0 aliphatic carbocycles. The Balaban J connectivity index is 1.12. The van der Waals surface area contributed by atoms with Crippen LogP contribution in [0.25, 0.3) is 0 Å². The predicted molar refractivity (Wildman–Crippen MR) is 199 cm³/mol. The minimum Gasteiger partial charge on any atom is -0.459 e. The van der Waals surface area contributed by atoms with Gasteiger partial charge in [-0.15, -0.1) is 0 Å². The number of aliphatic hydroxyl groups is 5. The summed E-state index contributed by atoms with van der Waals surface area (Å²) in [4.78, 5) is 26.6. The Hall–Kier alpha value is -2.08. The van der Waals surface area contributed by atoms with Gasteiger partial charge in [-0.3, -0.25) is 9.59 Å². The van der Waals surface area contributed by atoms with Gasteiger partial charge in [0.15, 0.2) is 5.78 Å². The third-order valence-corrected chi connectivity index (χ3v) is 13.3. The molecule has 314 valence electrons. The molecular formula is C42H62O14. The number of aliphatic hydroxyl groups excluding tert-OH is 5. The first-order valence-electron chi connectivity index (χ1n) is 20.8. The summed E-state index contributed by atoms with van der Waals surface area (Å²) in [5, 5.41) is 53.6. The molecule has 0 aromatic rings. The summed E-state index contributed by atoms with van der Waals surface area (Å²) in [5.74, 6) is -0.899. The molecule has 0 radical (unpaired) electrons. The van der Waals surface area contributed by atoms with Gasteiger partial charge in [0, 0.05) is 31.8 Å². The Labute approximate surface area is 329 Å². The van der Waals surface area contributed by atoms with Crippen molar-refractivity contribution in [2.24, 2.45) is 11.8 Å². The molecule has 0 aromatic heterocycles. The van der Waals surface area contributed by atoms with E-state index in [0.717, 1.165) is 24.0 Å². The molecule has 19 atom stereocenters. The quantitative estimate of drug-likeness (QED) is 0.201. The number of allylic oxidation sites excluding steroid dienone is 1. The van der Waals surface area contributed by atoms with Crippen LogP contribution in [-0.2, 0) is 42.7 Å². The SMILES string of the molecule is C=C1C[C@@H]2CCC(=O)/C=C/[C@H](O)[C@@H]3O[C@H]4CC[C@H](CC(=O)OC5[C@H](CC6O[C@@H](CCC1O2)C[C@@H](C)C6=C)OC1C[C@@H](O)[C@@H](CCO)O[C@H]1[C@@H]5C)OC4[C@H](O)[C@@H]3O. The molecule has 0 spiro atoms. The zero-order valence-electron chi connectivity index (χ0n) is 32.6. The number of carbonyl (C=O) groups is 2. The van der Waals surface area contributed by atoms with Crippen molar-refractivity contribution in [3.63, 3.8) is 0 Å². The molecule has 6 fully saturated rings. The van der Waals surface area contributed by atoms with Crippen molar-refractivity contribution < 1.29 is 68.3 Å². The predicted octanol–water partition coefficient (Wildman–Crippen LogP) is 2.14. The number of esters is 1. The molecule has 8 bridgehead atoms. The van der Waals surface area contributed by atoms with Crippen molar-refractivity contribution >= 4 is 11.8 Å². The van der Waals surface area contributed by atoms with Crippen LogP contribution >= 0.6 is 0 Å². The molecule has 56 heavy (non-hydrogen) atoms. The molecule has 5 N–H and O–H groups in total. The third-order valence-electron chi connectivity index (χ3n) is 13.3.